The number of hydrogen-bond acceptors (Lipinski definition) is 3. The van der Waals surface area contributed by atoms with Crippen LogP contribution in [0.1, 0.15) is 36.5 Å². The van der Waals surface area contributed by atoms with Gasteiger partial charge in [-0.25, -0.2) is 9.59 Å². The lowest BCUT2D eigenvalue weighted by Crippen LogP contribution is -2.36. The molecule has 1 fully saturated rings. The maximum Gasteiger partial charge on any atom is 0.339 e. The number of rotatable bonds is 3. The Labute approximate surface area is 116 Å². The average Bonchev–Trinajstić information content (AvgIpc) is 2.77. The van der Waals surface area contributed by atoms with E-state index in [2.05, 4.69) is 17.6 Å². The van der Waals surface area contributed by atoms with Crippen molar-refractivity contribution in [2.75, 3.05) is 5.32 Å². The van der Waals surface area contributed by atoms with Gasteiger partial charge < -0.3 is 20.8 Å². The molecule has 4 N–H and O–H groups in total. The van der Waals surface area contributed by atoms with E-state index in [1.807, 2.05) is 0 Å². The van der Waals surface area contributed by atoms with Crippen LogP contribution in [0.3, 0.4) is 0 Å². The highest BCUT2D eigenvalue weighted by Gasteiger charge is 2.23. The van der Waals surface area contributed by atoms with Gasteiger partial charge in [-0.3, -0.25) is 0 Å². The van der Waals surface area contributed by atoms with Crippen LogP contribution in [-0.2, 0) is 0 Å². The molecule has 0 spiro atoms. The van der Waals surface area contributed by atoms with Crippen molar-refractivity contribution in [1.29, 1.82) is 0 Å². The molecule has 1 aromatic carbocycles. The summed E-state index contributed by atoms with van der Waals surface area (Å²) in [6.45, 7) is 2.14. The van der Waals surface area contributed by atoms with Crippen molar-refractivity contribution in [2.45, 2.75) is 32.2 Å². The van der Waals surface area contributed by atoms with Crippen molar-refractivity contribution in [1.82, 2.24) is 5.32 Å². The first-order valence-electron chi connectivity index (χ1n) is 6.60. The van der Waals surface area contributed by atoms with Crippen LogP contribution >= 0.6 is 0 Å². The smallest absolute Gasteiger partial charge is 0.339 e. The van der Waals surface area contributed by atoms with Crippen molar-refractivity contribution in [3.8, 4) is 5.75 Å². The normalized spacial score (nSPS) is 21.4. The lowest BCUT2D eigenvalue weighted by Gasteiger charge is -2.14. The third-order valence-electron chi connectivity index (χ3n) is 3.54. The fourth-order valence-electron chi connectivity index (χ4n) is 2.50. The minimum Gasteiger partial charge on any atom is -0.505 e. The molecular formula is C14H18N2O4. The SMILES string of the molecule is CC1CCC(NC(=O)Nc2cccc(C(=O)O)c2O)C1. The zero-order valence-corrected chi connectivity index (χ0v) is 11.2. The molecule has 0 radical (unpaired) electrons. The van der Waals surface area contributed by atoms with Crippen molar-refractivity contribution in [3.05, 3.63) is 23.8 Å². The third kappa shape index (κ3) is 3.20. The molecule has 1 aliphatic rings. The van der Waals surface area contributed by atoms with Crippen LogP contribution in [0.25, 0.3) is 0 Å². The van der Waals surface area contributed by atoms with E-state index in [4.69, 9.17) is 5.11 Å². The second-order valence-electron chi connectivity index (χ2n) is 5.22. The molecule has 0 aliphatic heterocycles. The standard InChI is InChI=1S/C14H18N2O4/c1-8-5-6-9(7-8)15-14(20)16-11-4-2-3-10(12(11)17)13(18)19/h2-4,8-9,17H,5-7H2,1H3,(H,18,19)(H2,15,16,20). The van der Waals surface area contributed by atoms with E-state index in [9.17, 15) is 14.7 Å². The average molecular weight is 278 g/mol. The lowest BCUT2D eigenvalue weighted by molar-refractivity contribution is 0.0693. The van der Waals surface area contributed by atoms with Gasteiger partial charge in [-0.1, -0.05) is 13.0 Å². The Morgan fingerprint density at radius 2 is 2.05 bits per heavy atom. The van der Waals surface area contributed by atoms with E-state index >= 15 is 0 Å². The van der Waals surface area contributed by atoms with Gasteiger partial charge in [0.25, 0.3) is 0 Å². The highest BCUT2D eigenvalue weighted by atomic mass is 16.4. The van der Waals surface area contributed by atoms with Gasteiger partial charge >= 0.3 is 12.0 Å². The number of amides is 2. The number of carbonyl (C=O) groups is 2. The second-order valence-corrected chi connectivity index (χ2v) is 5.22. The molecule has 108 valence electrons. The Bertz CT molecular complexity index is 530. The summed E-state index contributed by atoms with van der Waals surface area (Å²) < 4.78 is 0. The Kier molecular flexibility index (Phi) is 4.12. The minimum absolute atomic E-state index is 0.0912. The van der Waals surface area contributed by atoms with Gasteiger partial charge in [-0.05, 0) is 37.3 Å². The molecule has 0 aromatic heterocycles. The van der Waals surface area contributed by atoms with Crippen LogP contribution in [0.5, 0.6) is 5.75 Å². The quantitative estimate of drug-likeness (QED) is 0.638. The number of hydrogen-bond donors (Lipinski definition) is 4. The Morgan fingerprint density at radius 1 is 1.30 bits per heavy atom. The van der Waals surface area contributed by atoms with Crippen LogP contribution in [0, 0.1) is 5.92 Å². The maximum absolute atomic E-state index is 11.8. The largest absolute Gasteiger partial charge is 0.505 e. The first-order valence-corrected chi connectivity index (χ1v) is 6.60. The number of aromatic carboxylic acids is 1. The van der Waals surface area contributed by atoms with Crippen molar-refractivity contribution in [3.63, 3.8) is 0 Å². The monoisotopic (exact) mass is 278 g/mol. The molecule has 0 saturated heterocycles. The summed E-state index contributed by atoms with van der Waals surface area (Å²) in [5, 5.41) is 24.0. The Hall–Kier alpha value is -2.24. The molecule has 2 unspecified atom stereocenters. The number of para-hydroxylation sites is 1. The van der Waals surface area contributed by atoms with Gasteiger partial charge in [0.1, 0.15) is 5.56 Å². The van der Waals surface area contributed by atoms with E-state index in [-0.39, 0.29) is 17.3 Å². The first kappa shape index (κ1) is 14.2. The summed E-state index contributed by atoms with van der Waals surface area (Å²) in [7, 11) is 0. The Balaban J connectivity index is 2.01. The first-order chi connectivity index (χ1) is 9.47. The molecule has 1 saturated carbocycles. The number of aromatic hydroxyl groups is 1. The van der Waals surface area contributed by atoms with Crippen LogP contribution in [0.2, 0.25) is 0 Å². The van der Waals surface area contributed by atoms with E-state index in [0.29, 0.717) is 5.92 Å². The molecule has 2 atom stereocenters. The highest BCUT2D eigenvalue weighted by molar-refractivity contribution is 5.97. The minimum atomic E-state index is -1.24. The zero-order chi connectivity index (χ0) is 14.7. The topological polar surface area (TPSA) is 98.7 Å². The molecular weight excluding hydrogens is 260 g/mol. The molecule has 0 bridgehead atoms. The van der Waals surface area contributed by atoms with E-state index in [0.717, 1.165) is 19.3 Å². The zero-order valence-electron chi connectivity index (χ0n) is 11.2. The van der Waals surface area contributed by atoms with E-state index < -0.39 is 17.7 Å². The maximum atomic E-state index is 11.8. The van der Waals surface area contributed by atoms with Crippen molar-refractivity contribution < 1.29 is 19.8 Å². The lowest BCUT2D eigenvalue weighted by atomic mass is 10.1. The fraction of sp³-hybridized carbons (Fsp3) is 0.429. The third-order valence-corrected chi connectivity index (χ3v) is 3.54. The van der Waals surface area contributed by atoms with Crippen molar-refractivity contribution >= 4 is 17.7 Å². The number of carbonyl (C=O) groups excluding carboxylic acids is 1. The predicted octanol–water partition coefficient (Wildman–Crippen LogP) is 2.40. The summed E-state index contributed by atoms with van der Waals surface area (Å²) in [6, 6.07) is 3.91. The van der Waals surface area contributed by atoms with Gasteiger partial charge in [0.05, 0.1) is 5.69 Å². The predicted molar refractivity (Wildman–Crippen MR) is 74.0 cm³/mol. The number of nitrogens with one attached hydrogen (secondary N) is 2. The van der Waals surface area contributed by atoms with Crippen LogP contribution in [-0.4, -0.2) is 28.3 Å². The highest BCUT2D eigenvalue weighted by Crippen LogP contribution is 2.28. The number of benzene rings is 1. The number of anilines is 1. The van der Waals surface area contributed by atoms with Gasteiger partial charge in [-0.15, -0.1) is 0 Å². The van der Waals surface area contributed by atoms with Gasteiger partial charge in [0, 0.05) is 6.04 Å². The molecule has 2 rings (SSSR count). The number of carboxylic acid groups (broad SMARTS) is 1. The van der Waals surface area contributed by atoms with Gasteiger partial charge in [0.15, 0.2) is 5.75 Å². The molecule has 6 heteroatoms. The number of carboxylic acids is 1. The molecule has 6 nitrogen and oxygen atoms in total. The summed E-state index contributed by atoms with van der Waals surface area (Å²) in [5.74, 6) is -1.07. The van der Waals surface area contributed by atoms with E-state index in [1.165, 1.54) is 18.2 Å². The summed E-state index contributed by atoms with van der Waals surface area (Å²) in [4.78, 5) is 22.7. The summed E-state index contributed by atoms with van der Waals surface area (Å²) >= 11 is 0. The van der Waals surface area contributed by atoms with Crippen LogP contribution in [0.4, 0.5) is 10.5 Å². The van der Waals surface area contributed by atoms with Crippen LogP contribution in [0.15, 0.2) is 18.2 Å². The number of phenols is 1. The Morgan fingerprint density at radius 3 is 2.65 bits per heavy atom. The second kappa shape index (κ2) is 5.81. The van der Waals surface area contributed by atoms with E-state index in [1.54, 1.807) is 0 Å². The van der Waals surface area contributed by atoms with Crippen LogP contribution < -0.4 is 10.6 Å². The molecule has 20 heavy (non-hydrogen) atoms. The molecule has 1 aromatic rings. The molecule has 2 amide bonds. The molecule has 0 heterocycles. The van der Waals surface area contributed by atoms with Crippen molar-refractivity contribution in [2.24, 2.45) is 5.92 Å². The molecule has 1 aliphatic carbocycles. The summed E-state index contributed by atoms with van der Waals surface area (Å²) in [6.07, 6.45) is 2.97. The number of urea groups is 1. The fourth-order valence-corrected chi connectivity index (χ4v) is 2.50. The van der Waals surface area contributed by atoms with Gasteiger partial charge in [-0.2, -0.15) is 0 Å². The van der Waals surface area contributed by atoms with Gasteiger partial charge in [0.2, 0.25) is 0 Å². The summed E-state index contributed by atoms with van der Waals surface area (Å²) in [5.41, 5.74) is -0.147.